The first-order valence-corrected chi connectivity index (χ1v) is 7.76. The lowest BCUT2D eigenvalue weighted by Crippen LogP contribution is -2.34. The molecular weight excluding hydrogens is 290 g/mol. The van der Waals surface area contributed by atoms with Gasteiger partial charge in [-0.2, -0.15) is 4.98 Å². The summed E-state index contributed by atoms with van der Waals surface area (Å²) in [4.78, 5) is 13.3. The summed E-state index contributed by atoms with van der Waals surface area (Å²) in [7, 11) is 0. The Bertz CT molecular complexity index is 864. The van der Waals surface area contributed by atoms with Crippen molar-refractivity contribution in [2.45, 2.75) is 31.2 Å². The smallest absolute Gasteiger partial charge is 0.250 e. The van der Waals surface area contributed by atoms with Gasteiger partial charge in [-0.3, -0.25) is 4.98 Å². The van der Waals surface area contributed by atoms with Crippen LogP contribution in [0.25, 0.3) is 23.2 Å². The third kappa shape index (κ3) is 2.73. The highest BCUT2D eigenvalue weighted by molar-refractivity contribution is 5.76. The SMILES string of the molecule is NC1(c2noc(/C=C/c3cnc4ccccc4n3)n2)CCCC1. The summed E-state index contributed by atoms with van der Waals surface area (Å²) in [5.74, 6) is 1.03. The van der Waals surface area contributed by atoms with Crippen LogP contribution in [0.5, 0.6) is 0 Å². The quantitative estimate of drug-likeness (QED) is 0.800. The second kappa shape index (κ2) is 5.55. The summed E-state index contributed by atoms with van der Waals surface area (Å²) < 4.78 is 5.28. The fraction of sp³-hybridized carbons (Fsp3) is 0.294. The van der Waals surface area contributed by atoms with E-state index < -0.39 is 5.54 Å². The number of hydrogen-bond donors (Lipinski definition) is 1. The van der Waals surface area contributed by atoms with Gasteiger partial charge in [-0.05, 0) is 31.1 Å². The van der Waals surface area contributed by atoms with Gasteiger partial charge in [-0.1, -0.05) is 30.1 Å². The van der Waals surface area contributed by atoms with Gasteiger partial charge in [-0.25, -0.2) is 4.98 Å². The molecule has 23 heavy (non-hydrogen) atoms. The molecule has 0 amide bonds. The monoisotopic (exact) mass is 307 g/mol. The molecule has 0 aliphatic heterocycles. The van der Waals surface area contributed by atoms with Gasteiger partial charge in [-0.15, -0.1) is 0 Å². The lowest BCUT2D eigenvalue weighted by molar-refractivity contribution is 0.364. The predicted molar refractivity (Wildman–Crippen MR) is 87.1 cm³/mol. The molecule has 2 N–H and O–H groups in total. The van der Waals surface area contributed by atoms with Gasteiger partial charge >= 0.3 is 0 Å². The minimum atomic E-state index is -0.432. The van der Waals surface area contributed by atoms with Crippen LogP contribution in [0.3, 0.4) is 0 Å². The number of nitrogens with zero attached hydrogens (tertiary/aromatic N) is 4. The molecule has 0 saturated heterocycles. The van der Waals surface area contributed by atoms with Crippen molar-refractivity contribution in [3.05, 3.63) is 47.9 Å². The number of para-hydroxylation sites is 2. The Morgan fingerprint density at radius 3 is 2.65 bits per heavy atom. The van der Waals surface area contributed by atoms with E-state index in [9.17, 15) is 0 Å². The molecule has 0 radical (unpaired) electrons. The van der Waals surface area contributed by atoms with E-state index in [1.807, 2.05) is 30.3 Å². The normalized spacial score (nSPS) is 17.3. The molecule has 2 heterocycles. The summed E-state index contributed by atoms with van der Waals surface area (Å²) in [6.07, 6.45) is 9.32. The molecule has 1 fully saturated rings. The molecule has 2 aromatic heterocycles. The summed E-state index contributed by atoms with van der Waals surface area (Å²) in [6, 6.07) is 7.75. The fourth-order valence-electron chi connectivity index (χ4n) is 2.94. The lowest BCUT2D eigenvalue weighted by Gasteiger charge is -2.17. The fourth-order valence-corrected chi connectivity index (χ4v) is 2.94. The third-order valence-corrected chi connectivity index (χ3v) is 4.25. The maximum atomic E-state index is 6.33. The van der Waals surface area contributed by atoms with Gasteiger partial charge in [0, 0.05) is 6.08 Å². The Labute approximate surface area is 133 Å². The van der Waals surface area contributed by atoms with Crippen molar-refractivity contribution < 1.29 is 4.52 Å². The van der Waals surface area contributed by atoms with Crippen molar-refractivity contribution in [2.75, 3.05) is 0 Å². The third-order valence-electron chi connectivity index (χ3n) is 4.25. The van der Waals surface area contributed by atoms with Crippen molar-refractivity contribution >= 4 is 23.2 Å². The minimum Gasteiger partial charge on any atom is -0.335 e. The molecule has 0 atom stereocenters. The zero-order valence-corrected chi connectivity index (χ0v) is 12.6. The molecule has 0 spiro atoms. The zero-order valence-electron chi connectivity index (χ0n) is 12.6. The largest absolute Gasteiger partial charge is 0.335 e. The van der Waals surface area contributed by atoms with E-state index in [1.54, 1.807) is 12.3 Å². The molecular formula is C17H17N5O. The molecule has 1 aliphatic carbocycles. The standard InChI is InChI=1S/C17H17N5O/c18-17(9-3-4-10-17)16-21-15(23-22-16)8-7-12-11-19-13-5-1-2-6-14(13)20-12/h1-2,5-8,11H,3-4,9-10,18H2/b8-7+. The van der Waals surface area contributed by atoms with E-state index in [0.29, 0.717) is 11.7 Å². The second-order valence-corrected chi connectivity index (χ2v) is 5.94. The Morgan fingerprint density at radius 1 is 1.04 bits per heavy atom. The van der Waals surface area contributed by atoms with Crippen molar-refractivity contribution in [1.29, 1.82) is 0 Å². The van der Waals surface area contributed by atoms with Gasteiger partial charge in [0.25, 0.3) is 5.89 Å². The number of benzene rings is 1. The average molecular weight is 307 g/mol. The highest BCUT2D eigenvalue weighted by Crippen LogP contribution is 2.34. The highest BCUT2D eigenvalue weighted by atomic mass is 16.5. The van der Waals surface area contributed by atoms with Crippen LogP contribution in [0.4, 0.5) is 0 Å². The van der Waals surface area contributed by atoms with E-state index in [1.165, 1.54) is 0 Å². The maximum Gasteiger partial charge on any atom is 0.250 e. The number of hydrogen-bond acceptors (Lipinski definition) is 6. The molecule has 6 heteroatoms. The molecule has 1 aromatic carbocycles. The van der Waals surface area contributed by atoms with Crippen molar-refractivity contribution in [3.8, 4) is 0 Å². The Morgan fingerprint density at radius 2 is 1.83 bits per heavy atom. The van der Waals surface area contributed by atoms with Crippen LogP contribution >= 0.6 is 0 Å². The second-order valence-electron chi connectivity index (χ2n) is 5.94. The highest BCUT2D eigenvalue weighted by Gasteiger charge is 2.35. The summed E-state index contributed by atoms with van der Waals surface area (Å²) in [5.41, 5.74) is 8.37. The Kier molecular flexibility index (Phi) is 3.38. The first-order chi connectivity index (χ1) is 11.2. The molecule has 3 aromatic rings. The first kappa shape index (κ1) is 14.0. The molecule has 0 bridgehead atoms. The molecule has 0 unspecified atom stereocenters. The molecule has 6 nitrogen and oxygen atoms in total. The maximum absolute atomic E-state index is 6.33. The summed E-state index contributed by atoms with van der Waals surface area (Å²) in [5, 5.41) is 4.03. The van der Waals surface area contributed by atoms with E-state index in [0.717, 1.165) is 42.4 Å². The Hall–Kier alpha value is -2.60. The lowest BCUT2D eigenvalue weighted by atomic mass is 9.99. The summed E-state index contributed by atoms with van der Waals surface area (Å²) in [6.45, 7) is 0. The van der Waals surface area contributed by atoms with Gasteiger partial charge in [0.15, 0.2) is 5.82 Å². The Balaban J connectivity index is 1.57. The van der Waals surface area contributed by atoms with Crippen LogP contribution in [0.15, 0.2) is 35.0 Å². The van der Waals surface area contributed by atoms with Crippen LogP contribution in [0.2, 0.25) is 0 Å². The van der Waals surface area contributed by atoms with Gasteiger partial charge in [0.1, 0.15) is 0 Å². The number of nitrogens with two attached hydrogens (primary N) is 1. The van der Waals surface area contributed by atoms with E-state index in [4.69, 9.17) is 10.3 Å². The zero-order chi connectivity index (χ0) is 15.7. The number of aromatic nitrogens is 4. The molecule has 1 aliphatic rings. The van der Waals surface area contributed by atoms with E-state index >= 15 is 0 Å². The first-order valence-electron chi connectivity index (χ1n) is 7.76. The van der Waals surface area contributed by atoms with Crippen molar-refractivity contribution in [1.82, 2.24) is 20.1 Å². The van der Waals surface area contributed by atoms with Gasteiger partial charge in [0.05, 0.1) is 28.5 Å². The van der Waals surface area contributed by atoms with Crippen LogP contribution < -0.4 is 5.73 Å². The predicted octanol–water partition coefficient (Wildman–Crippen LogP) is 2.91. The number of rotatable bonds is 3. The van der Waals surface area contributed by atoms with E-state index in [2.05, 4.69) is 20.1 Å². The topological polar surface area (TPSA) is 90.7 Å². The molecule has 1 saturated carbocycles. The van der Waals surface area contributed by atoms with Crippen molar-refractivity contribution in [2.24, 2.45) is 5.73 Å². The van der Waals surface area contributed by atoms with E-state index in [-0.39, 0.29) is 0 Å². The van der Waals surface area contributed by atoms with Gasteiger partial charge < -0.3 is 10.3 Å². The minimum absolute atomic E-state index is 0.432. The van der Waals surface area contributed by atoms with Crippen molar-refractivity contribution in [3.63, 3.8) is 0 Å². The van der Waals surface area contributed by atoms with Crippen LogP contribution in [-0.4, -0.2) is 20.1 Å². The van der Waals surface area contributed by atoms with Crippen LogP contribution in [-0.2, 0) is 5.54 Å². The molecule has 116 valence electrons. The van der Waals surface area contributed by atoms with Crippen LogP contribution in [0.1, 0.15) is 43.1 Å². The van der Waals surface area contributed by atoms with Gasteiger partial charge in [0.2, 0.25) is 0 Å². The number of fused-ring (bicyclic) bond motifs is 1. The summed E-state index contributed by atoms with van der Waals surface area (Å²) >= 11 is 0. The molecule has 4 rings (SSSR count). The average Bonchev–Trinajstić information content (AvgIpc) is 3.23. The van der Waals surface area contributed by atoms with Crippen LogP contribution in [0, 0.1) is 0 Å².